The maximum Gasteiger partial charge on any atom is 0.311 e. The fraction of sp³-hybridized carbons (Fsp3) is 0.400. The van der Waals surface area contributed by atoms with Crippen LogP contribution in [0.3, 0.4) is 0 Å². The molecule has 22 heavy (non-hydrogen) atoms. The third kappa shape index (κ3) is 3.19. The van der Waals surface area contributed by atoms with Crippen LogP contribution in [0.5, 0.6) is 0 Å². The SMILES string of the molecule is CCC(CC)(CNC(=O)c1cnc(-c2ccco2)s1)C(=O)O. The largest absolute Gasteiger partial charge is 0.481 e. The number of hydrogen-bond acceptors (Lipinski definition) is 5. The highest BCUT2D eigenvalue weighted by Gasteiger charge is 2.35. The van der Waals surface area contributed by atoms with E-state index in [9.17, 15) is 14.7 Å². The summed E-state index contributed by atoms with van der Waals surface area (Å²) < 4.78 is 5.23. The van der Waals surface area contributed by atoms with Crippen LogP contribution in [-0.2, 0) is 4.79 Å². The lowest BCUT2D eigenvalue weighted by Gasteiger charge is -2.26. The van der Waals surface area contributed by atoms with Crippen molar-refractivity contribution in [1.82, 2.24) is 10.3 Å². The Morgan fingerprint density at radius 1 is 1.41 bits per heavy atom. The van der Waals surface area contributed by atoms with Gasteiger partial charge in [0.2, 0.25) is 0 Å². The zero-order valence-electron chi connectivity index (χ0n) is 12.5. The van der Waals surface area contributed by atoms with Crippen molar-refractivity contribution >= 4 is 23.2 Å². The molecule has 7 heteroatoms. The molecule has 2 heterocycles. The number of nitrogens with zero attached hydrogens (tertiary/aromatic N) is 1. The molecule has 0 aliphatic carbocycles. The molecule has 0 saturated heterocycles. The number of aromatic nitrogens is 1. The molecule has 0 spiro atoms. The van der Waals surface area contributed by atoms with Crippen LogP contribution < -0.4 is 5.32 Å². The second kappa shape index (κ2) is 6.74. The first-order valence-electron chi connectivity index (χ1n) is 7.03. The van der Waals surface area contributed by atoms with Crippen molar-refractivity contribution in [2.45, 2.75) is 26.7 Å². The molecule has 2 aromatic heterocycles. The summed E-state index contributed by atoms with van der Waals surface area (Å²) in [5.41, 5.74) is -0.926. The molecule has 2 N–H and O–H groups in total. The summed E-state index contributed by atoms with van der Waals surface area (Å²) in [6.45, 7) is 3.72. The van der Waals surface area contributed by atoms with E-state index in [1.54, 1.807) is 18.4 Å². The first-order chi connectivity index (χ1) is 10.5. The molecule has 118 valence electrons. The lowest BCUT2D eigenvalue weighted by Crippen LogP contribution is -2.42. The quantitative estimate of drug-likeness (QED) is 0.817. The zero-order chi connectivity index (χ0) is 16.2. The Labute approximate surface area is 132 Å². The molecule has 2 aromatic rings. The smallest absolute Gasteiger partial charge is 0.311 e. The number of carboxylic acid groups (broad SMARTS) is 1. The average molecular weight is 322 g/mol. The van der Waals surface area contributed by atoms with Gasteiger partial charge < -0.3 is 14.8 Å². The van der Waals surface area contributed by atoms with Gasteiger partial charge in [0.05, 0.1) is 17.9 Å². The first kappa shape index (κ1) is 16.2. The fourth-order valence-corrected chi connectivity index (χ4v) is 2.91. The monoisotopic (exact) mass is 322 g/mol. The van der Waals surface area contributed by atoms with Gasteiger partial charge in [-0.1, -0.05) is 13.8 Å². The van der Waals surface area contributed by atoms with Gasteiger partial charge in [-0.2, -0.15) is 0 Å². The summed E-state index contributed by atoms with van der Waals surface area (Å²) >= 11 is 1.21. The molecule has 0 aliphatic rings. The van der Waals surface area contributed by atoms with Crippen molar-refractivity contribution in [3.63, 3.8) is 0 Å². The molecule has 0 unspecified atom stereocenters. The number of carboxylic acids is 1. The predicted molar refractivity (Wildman–Crippen MR) is 82.8 cm³/mol. The highest BCUT2D eigenvalue weighted by Crippen LogP contribution is 2.27. The second-order valence-corrected chi connectivity index (χ2v) is 6.01. The van der Waals surface area contributed by atoms with Crippen molar-refractivity contribution < 1.29 is 19.1 Å². The lowest BCUT2D eigenvalue weighted by molar-refractivity contribution is -0.149. The third-order valence-electron chi connectivity index (χ3n) is 3.86. The molecule has 0 fully saturated rings. The number of amides is 1. The van der Waals surface area contributed by atoms with E-state index in [1.807, 2.05) is 13.8 Å². The summed E-state index contributed by atoms with van der Waals surface area (Å²) in [7, 11) is 0. The number of thiazole rings is 1. The topological polar surface area (TPSA) is 92.4 Å². The van der Waals surface area contributed by atoms with E-state index in [2.05, 4.69) is 10.3 Å². The zero-order valence-corrected chi connectivity index (χ0v) is 13.3. The molecule has 0 atom stereocenters. The molecule has 0 bridgehead atoms. The van der Waals surface area contributed by atoms with E-state index >= 15 is 0 Å². The number of rotatable bonds is 7. The molecular weight excluding hydrogens is 304 g/mol. The maximum atomic E-state index is 12.2. The molecule has 2 rings (SSSR count). The van der Waals surface area contributed by atoms with Gasteiger partial charge >= 0.3 is 5.97 Å². The third-order valence-corrected chi connectivity index (χ3v) is 4.87. The Balaban J connectivity index is 2.05. The second-order valence-electron chi connectivity index (χ2n) is 4.98. The molecule has 0 aromatic carbocycles. The molecule has 1 amide bonds. The van der Waals surface area contributed by atoms with Gasteiger partial charge in [-0.25, -0.2) is 4.98 Å². The van der Waals surface area contributed by atoms with Crippen molar-refractivity contribution in [2.75, 3.05) is 6.54 Å². The van der Waals surface area contributed by atoms with Crippen molar-refractivity contribution in [2.24, 2.45) is 5.41 Å². The van der Waals surface area contributed by atoms with Gasteiger partial charge in [-0.05, 0) is 25.0 Å². The Kier molecular flexibility index (Phi) is 4.97. The van der Waals surface area contributed by atoms with Gasteiger partial charge in [-0.15, -0.1) is 11.3 Å². The van der Waals surface area contributed by atoms with E-state index in [0.717, 1.165) is 0 Å². The Hall–Kier alpha value is -2.15. The van der Waals surface area contributed by atoms with Crippen molar-refractivity contribution in [1.29, 1.82) is 0 Å². The minimum absolute atomic E-state index is 0.0994. The minimum Gasteiger partial charge on any atom is -0.481 e. The van der Waals surface area contributed by atoms with Crippen LogP contribution in [0.25, 0.3) is 10.8 Å². The van der Waals surface area contributed by atoms with Crippen LogP contribution in [0.2, 0.25) is 0 Å². The molecule has 0 saturated carbocycles. The van der Waals surface area contributed by atoms with Crippen LogP contribution in [0.1, 0.15) is 36.4 Å². The fourth-order valence-electron chi connectivity index (χ4n) is 2.11. The molecule has 0 radical (unpaired) electrons. The Morgan fingerprint density at radius 3 is 2.68 bits per heavy atom. The van der Waals surface area contributed by atoms with Gasteiger partial charge in [0.1, 0.15) is 4.88 Å². The van der Waals surface area contributed by atoms with E-state index in [4.69, 9.17) is 4.42 Å². The number of aliphatic carboxylic acids is 1. The summed E-state index contributed by atoms with van der Waals surface area (Å²) in [5, 5.41) is 12.7. The summed E-state index contributed by atoms with van der Waals surface area (Å²) in [5.74, 6) is -0.604. The van der Waals surface area contributed by atoms with Crippen molar-refractivity contribution in [3.8, 4) is 10.8 Å². The van der Waals surface area contributed by atoms with Gasteiger partial charge in [0.25, 0.3) is 5.91 Å². The number of carbonyl (C=O) groups excluding carboxylic acids is 1. The van der Waals surface area contributed by atoms with Gasteiger partial charge in [-0.3, -0.25) is 9.59 Å². The van der Waals surface area contributed by atoms with Crippen LogP contribution in [0.4, 0.5) is 0 Å². The summed E-state index contributed by atoms with van der Waals surface area (Å²) in [6, 6.07) is 3.52. The summed E-state index contributed by atoms with van der Waals surface area (Å²) in [4.78, 5) is 28.2. The lowest BCUT2D eigenvalue weighted by atomic mass is 9.82. The standard InChI is InChI=1S/C15H18N2O4S/c1-3-15(4-2,14(19)20)9-17-12(18)11-8-16-13(22-11)10-6-5-7-21-10/h5-8H,3-4,9H2,1-2H3,(H,17,18)(H,19,20). The number of hydrogen-bond donors (Lipinski definition) is 2. The summed E-state index contributed by atoms with van der Waals surface area (Å²) in [6.07, 6.45) is 3.93. The van der Waals surface area contributed by atoms with Crippen molar-refractivity contribution in [3.05, 3.63) is 29.5 Å². The van der Waals surface area contributed by atoms with Crippen LogP contribution >= 0.6 is 11.3 Å². The number of nitrogens with one attached hydrogen (secondary N) is 1. The van der Waals surface area contributed by atoms with Crippen LogP contribution in [0, 0.1) is 5.41 Å². The minimum atomic E-state index is -0.926. The highest BCUT2D eigenvalue weighted by molar-refractivity contribution is 7.16. The van der Waals surface area contributed by atoms with E-state index < -0.39 is 11.4 Å². The molecule has 0 aliphatic heterocycles. The Bertz CT molecular complexity index is 644. The molecule has 6 nitrogen and oxygen atoms in total. The maximum absolute atomic E-state index is 12.2. The van der Waals surface area contributed by atoms with Gasteiger partial charge in [0, 0.05) is 6.54 Å². The molecular formula is C15H18N2O4S. The normalized spacial score (nSPS) is 11.4. The average Bonchev–Trinajstić information content (AvgIpc) is 3.19. The number of furan rings is 1. The Morgan fingerprint density at radius 2 is 2.14 bits per heavy atom. The highest BCUT2D eigenvalue weighted by atomic mass is 32.1. The van der Waals surface area contributed by atoms with E-state index in [-0.39, 0.29) is 12.5 Å². The van der Waals surface area contributed by atoms with Gasteiger partial charge in [0.15, 0.2) is 10.8 Å². The van der Waals surface area contributed by atoms with Crippen LogP contribution in [0.15, 0.2) is 29.0 Å². The van der Waals surface area contributed by atoms with E-state index in [1.165, 1.54) is 17.5 Å². The first-order valence-corrected chi connectivity index (χ1v) is 7.85. The van der Waals surface area contributed by atoms with Crippen LogP contribution in [-0.4, -0.2) is 28.5 Å². The predicted octanol–water partition coefficient (Wildman–Crippen LogP) is 3.02. The van der Waals surface area contributed by atoms with E-state index in [0.29, 0.717) is 28.5 Å². The number of carbonyl (C=O) groups is 2.